The first kappa shape index (κ1) is 29.4. The minimum absolute atomic E-state index is 0.203. The standard InChI is InChI=1S/C21H24FN5O2.C5H4F3N3O/c1-3-4-5-8-27-12-24-17-10-14(16(22)9-15(17)21(27)28)19-23-11-18(29-2)20(26-19)25-13-6-7-13;6-5(7,8)3-2(9)1-10-11-4(3)12/h9-13H,3-8H2,1-2H3,(H,23,25,26);1H,(H3,9,11,12). The summed E-state index contributed by atoms with van der Waals surface area (Å²) in [5, 5.41) is 8.27. The van der Waals surface area contributed by atoms with Crippen molar-refractivity contribution < 1.29 is 22.3 Å². The highest BCUT2D eigenvalue weighted by Gasteiger charge is 2.36. The van der Waals surface area contributed by atoms with Crippen LogP contribution in [0.25, 0.3) is 22.3 Å². The zero-order valence-electron chi connectivity index (χ0n) is 22.3. The number of nitrogens with one attached hydrogen (secondary N) is 2. The van der Waals surface area contributed by atoms with E-state index in [1.165, 1.54) is 24.7 Å². The highest BCUT2D eigenvalue weighted by Crippen LogP contribution is 2.32. The van der Waals surface area contributed by atoms with Gasteiger partial charge in [-0.25, -0.2) is 24.4 Å². The van der Waals surface area contributed by atoms with Crippen LogP contribution in [0.1, 0.15) is 44.6 Å². The van der Waals surface area contributed by atoms with Gasteiger partial charge < -0.3 is 15.8 Å². The van der Waals surface area contributed by atoms with Gasteiger partial charge in [0.1, 0.15) is 11.4 Å². The Bertz CT molecular complexity index is 1650. The highest BCUT2D eigenvalue weighted by atomic mass is 19.4. The second-order valence-corrected chi connectivity index (χ2v) is 9.36. The molecule has 0 unspecified atom stereocenters. The molecule has 1 aliphatic carbocycles. The Kier molecular flexibility index (Phi) is 8.83. The number of alkyl halides is 3. The number of hydrogen-bond acceptors (Lipinski definition) is 9. The maximum atomic E-state index is 14.9. The summed E-state index contributed by atoms with van der Waals surface area (Å²) in [7, 11) is 1.54. The van der Waals surface area contributed by atoms with Crippen LogP contribution in [-0.4, -0.2) is 42.9 Å². The highest BCUT2D eigenvalue weighted by molar-refractivity contribution is 5.82. The first-order valence-corrected chi connectivity index (χ1v) is 12.8. The molecule has 4 aromatic rings. The number of anilines is 2. The molecule has 1 aromatic carbocycles. The maximum absolute atomic E-state index is 14.9. The summed E-state index contributed by atoms with van der Waals surface area (Å²) in [5.74, 6) is 0.723. The van der Waals surface area contributed by atoms with Crippen LogP contribution in [0, 0.1) is 5.82 Å². The van der Waals surface area contributed by atoms with Crippen LogP contribution in [0.2, 0.25) is 0 Å². The van der Waals surface area contributed by atoms with Crippen LogP contribution in [0.4, 0.5) is 29.1 Å². The van der Waals surface area contributed by atoms with Crippen molar-refractivity contribution in [3.63, 3.8) is 0 Å². The first-order chi connectivity index (χ1) is 19.5. The SMILES string of the molecule is CCCCCn1cnc2cc(-c3ncc(OC)c(NC4CC4)n3)c(F)cc2c1=O.Nc1cn[nH]c(=O)c1C(F)(F)F. The Hall–Kier alpha value is -4.56. The average molecular weight is 577 g/mol. The smallest absolute Gasteiger partial charge is 0.423 e. The van der Waals surface area contributed by atoms with Gasteiger partial charge in [-0.2, -0.15) is 18.3 Å². The molecule has 4 N–H and O–H groups in total. The summed E-state index contributed by atoms with van der Waals surface area (Å²) < 4.78 is 57.7. The number of aromatic nitrogens is 6. The van der Waals surface area contributed by atoms with E-state index < -0.39 is 28.8 Å². The molecule has 3 aromatic heterocycles. The monoisotopic (exact) mass is 576 g/mol. The number of unbranched alkanes of at least 4 members (excludes halogenated alkanes) is 2. The van der Waals surface area contributed by atoms with Gasteiger partial charge >= 0.3 is 6.18 Å². The Morgan fingerprint density at radius 1 is 1.17 bits per heavy atom. The normalized spacial score (nSPS) is 13.0. The quantitative estimate of drug-likeness (QED) is 0.207. The fourth-order valence-electron chi connectivity index (χ4n) is 3.92. The number of halogens is 4. The van der Waals surface area contributed by atoms with Gasteiger partial charge in [-0.15, -0.1) is 0 Å². The first-order valence-electron chi connectivity index (χ1n) is 12.8. The van der Waals surface area contributed by atoms with Crippen LogP contribution in [0.5, 0.6) is 5.75 Å². The number of methoxy groups -OCH3 is 1. The molecule has 0 radical (unpaired) electrons. The predicted octanol–water partition coefficient (Wildman–Crippen LogP) is 4.14. The number of aromatic amines is 1. The van der Waals surface area contributed by atoms with Crippen molar-refractivity contribution in [2.24, 2.45) is 0 Å². The van der Waals surface area contributed by atoms with Crippen LogP contribution in [0.15, 0.2) is 40.4 Å². The molecule has 41 heavy (non-hydrogen) atoms. The number of ether oxygens (including phenoxy) is 1. The van der Waals surface area contributed by atoms with Crippen LogP contribution >= 0.6 is 0 Å². The van der Waals surface area contributed by atoms with E-state index in [4.69, 9.17) is 10.5 Å². The third kappa shape index (κ3) is 6.96. The third-order valence-corrected chi connectivity index (χ3v) is 6.22. The van der Waals surface area contributed by atoms with Gasteiger partial charge in [-0.1, -0.05) is 19.8 Å². The predicted molar refractivity (Wildman–Crippen MR) is 144 cm³/mol. The fourth-order valence-corrected chi connectivity index (χ4v) is 3.92. The van der Waals surface area contributed by atoms with E-state index in [9.17, 15) is 27.2 Å². The van der Waals surface area contributed by atoms with E-state index in [1.54, 1.807) is 16.8 Å². The summed E-state index contributed by atoms with van der Waals surface area (Å²) in [6.07, 6.45) is 4.18. The average Bonchev–Trinajstić information content (AvgIpc) is 3.74. The molecule has 0 spiro atoms. The Morgan fingerprint density at radius 3 is 2.54 bits per heavy atom. The van der Waals surface area contributed by atoms with Crippen LogP contribution in [0.3, 0.4) is 0 Å². The number of benzene rings is 1. The molecular weight excluding hydrogens is 548 g/mol. The Labute approximate surface area is 230 Å². The van der Waals surface area contributed by atoms with Gasteiger partial charge in [0, 0.05) is 12.6 Å². The molecule has 1 fully saturated rings. The summed E-state index contributed by atoms with van der Waals surface area (Å²) >= 11 is 0. The molecule has 5 rings (SSSR count). The van der Waals surface area contributed by atoms with Crippen molar-refractivity contribution in [2.45, 2.75) is 57.8 Å². The molecule has 0 saturated heterocycles. The second-order valence-electron chi connectivity index (χ2n) is 9.36. The summed E-state index contributed by atoms with van der Waals surface area (Å²) in [4.78, 5) is 36.3. The molecule has 3 heterocycles. The van der Waals surface area contributed by atoms with Crippen molar-refractivity contribution in [2.75, 3.05) is 18.2 Å². The lowest BCUT2D eigenvalue weighted by molar-refractivity contribution is -0.138. The van der Waals surface area contributed by atoms with Crippen LogP contribution < -0.4 is 26.9 Å². The number of aryl methyl sites for hydroxylation is 1. The molecule has 0 amide bonds. The topological polar surface area (TPSA) is 154 Å². The molecule has 0 atom stereocenters. The Balaban J connectivity index is 0.000000271. The Morgan fingerprint density at radius 2 is 1.93 bits per heavy atom. The van der Waals surface area contributed by atoms with Crippen molar-refractivity contribution >= 4 is 22.4 Å². The maximum Gasteiger partial charge on any atom is 0.423 e. The molecule has 0 aliphatic heterocycles. The van der Waals surface area contributed by atoms with Gasteiger partial charge in [-0.3, -0.25) is 14.2 Å². The number of H-pyrrole nitrogens is 1. The molecule has 0 bridgehead atoms. The lowest BCUT2D eigenvalue weighted by Gasteiger charge is -2.12. The summed E-state index contributed by atoms with van der Waals surface area (Å²) in [5.41, 5.74) is 1.89. The molecule has 218 valence electrons. The van der Waals surface area contributed by atoms with E-state index in [0.29, 0.717) is 29.7 Å². The summed E-state index contributed by atoms with van der Waals surface area (Å²) in [6, 6.07) is 3.13. The molecular formula is C26H28F4N8O3. The van der Waals surface area contributed by atoms with Crippen molar-refractivity contribution in [1.29, 1.82) is 0 Å². The van der Waals surface area contributed by atoms with E-state index in [0.717, 1.165) is 38.3 Å². The molecule has 11 nitrogen and oxygen atoms in total. The minimum Gasteiger partial charge on any atom is -0.491 e. The molecule has 15 heteroatoms. The minimum atomic E-state index is -4.74. The van der Waals surface area contributed by atoms with Gasteiger partial charge in [0.15, 0.2) is 17.4 Å². The van der Waals surface area contributed by atoms with Gasteiger partial charge in [0.2, 0.25) is 0 Å². The summed E-state index contributed by atoms with van der Waals surface area (Å²) in [6.45, 7) is 2.68. The molecule has 1 aliphatic rings. The number of hydrogen-bond donors (Lipinski definition) is 3. The fraction of sp³-hybridized carbons (Fsp3) is 0.385. The number of nitrogens with two attached hydrogens (primary N) is 1. The number of rotatable bonds is 8. The van der Waals surface area contributed by atoms with Gasteiger partial charge in [-0.05, 0) is 31.4 Å². The van der Waals surface area contributed by atoms with Gasteiger partial charge in [0.05, 0.1) is 48.0 Å². The van der Waals surface area contributed by atoms with Gasteiger partial charge in [0.25, 0.3) is 11.1 Å². The lowest BCUT2D eigenvalue weighted by Crippen LogP contribution is -2.24. The largest absolute Gasteiger partial charge is 0.491 e. The van der Waals surface area contributed by atoms with Crippen molar-refractivity contribution in [3.05, 3.63) is 62.9 Å². The zero-order valence-corrected chi connectivity index (χ0v) is 22.3. The zero-order chi connectivity index (χ0) is 29.7. The van der Waals surface area contributed by atoms with E-state index >= 15 is 0 Å². The second kappa shape index (κ2) is 12.3. The third-order valence-electron chi connectivity index (χ3n) is 6.22. The van der Waals surface area contributed by atoms with E-state index in [2.05, 4.69) is 32.3 Å². The molecule has 1 saturated carbocycles. The number of nitrogens with zero attached hydrogens (tertiary/aromatic N) is 5. The van der Waals surface area contributed by atoms with Crippen molar-refractivity contribution in [1.82, 2.24) is 29.7 Å². The van der Waals surface area contributed by atoms with E-state index in [-0.39, 0.29) is 22.3 Å². The lowest BCUT2D eigenvalue weighted by atomic mass is 10.1. The number of fused-ring (bicyclic) bond motifs is 1. The number of nitrogen functional groups attached to an aromatic ring is 1. The van der Waals surface area contributed by atoms with Crippen molar-refractivity contribution in [3.8, 4) is 17.1 Å². The van der Waals surface area contributed by atoms with E-state index in [1.807, 2.05) is 0 Å². The van der Waals surface area contributed by atoms with Crippen LogP contribution in [-0.2, 0) is 12.7 Å².